The zero-order chi connectivity index (χ0) is 12.3. The highest BCUT2D eigenvalue weighted by molar-refractivity contribution is 6.28. The van der Waals surface area contributed by atoms with Gasteiger partial charge in [0.2, 0.25) is 0 Å². The minimum absolute atomic E-state index is 0.405. The Morgan fingerprint density at radius 3 is 2.65 bits per heavy atom. The Bertz CT molecular complexity index is 479. The first kappa shape index (κ1) is 11.8. The molecular weight excluding hydrogens is 238 g/mol. The Balaban J connectivity index is 1.95. The van der Waals surface area contributed by atoms with Crippen LogP contribution in [0.5, 0.6) is 0 Å². The Kier molecular flexibility index (Phi) is 3.54. The van der Waals surface area contributed by atoms with Gasteiger partial charge < -0.3 is 14.6 Å². The van der Waals surface area contributed by atoms with E-state index in [0.29, 0.717) is 11.8 Å². The van der Waals surface area contributed by atoms with E-state index >= 15 is 0 Å². The van der Waals surface area contributed by atoms with Gasteiger partial charge in [0.15, 0.2) is 5.22 Å². The van der Waals surface area contributed by atoms with Gasteiger partial charge >= 0.3 is 0 Å². The van der Waals surface area contributed by atoms with Crippen LogP contribution in [0, 0.1) is 0 Å². The first-order valence-corrected chi connectivity index (χ1v) is 5.64. The van der Waals surface area contributed by atoms with Gasteiger partial charge in [0.25, 0.3) is 0 Å². The number of hydrogen-bond donors (Lipinski definition) is 1. The van der Waals surface area contributed by atoms with Crippen LogP contribution in [0.25, 0.3) is 0 Å². The second-order valence-electron chi connectivity index (χ2n) is 3.86. The molecule has 90 valence electrons. The maximum atomic E-state index is 5.69. The molecule has 2 heterocycles. The van der Waals surface area contributed by atoms with Crippen LogP contribution < -0.4 is 10.2 Å². The fourth-order valence-electron chi connectivity index (χ4n) is 1.39. The molecule has 5 heteroatoms. The normalized spacial score (nSPS) is 10.3. The summed E-state index contributed by atoms with van der Waals surface area (Å²) < 4.78 is 5.24. The highest BCUT2D eigenvalue weighted by Gasteiger charge is 2.00. The summed E-state index contributed by atoms with van der Waals surface area (Å²) in [6.45, 7) is 0.593. The van der Waals surface area contributed by atoms with Gasteiger partial charge in [-0.05, 0) is 35.9 Å². The summed E-state index contributed by atoms with van der Waals surface area (Å²) >= 11 is 5.69. The van der Waals surface area contributed by atoms with E-state index in [1.807, 2.05) is 37.2 Å². The Hall–Kier alpha value is -1.68. The Morgan fingerprint density at radius 1 is 1.29 bits per heavy atom. The molecule has 0 atom stereocenters. The van der Waals surface area contributed by atoms with Crippen LogP contribution in [0.1, 0.15) is 5.76 Å². The van der Waals surface area contributed by atoms with Crippen molar-refractivity contribution in [2.75, 3.05) is 24.3 Å². The second-order valence-corrected chi connectivity index (χ2v) is 4.23. The van der Waals surface area contributed by atoms with Crippen molar-refractivity contribution in [1.82, 2.24) is 4.98 Å². The molecule has 0 unspecified atom stereocenters. The van der Waals surface area contributed by atoms with Crippen molar-refractivity contribution in [3.8, 4) is 0 Å². The molecule has 0 fully saturated rings. The third kappa shape index (κ3) is 3.14. The van der Waals surface area contributed by atoms with Crippen molar-refractivity contribution < 1.29 is 4.42 Å². The van der Waals surface area contributed by atoms with E-state index in [1.54, 1.807) is 12.3 Å². The van der Waals surface area contributed by atoms with Crippen LogP contribution >= 0.6 is 11.6 Å². The lowest BCUT2D eigenvalue weighted by Crippen LogP contribution is -2.10. The highest BCUT2D eigenvalue weighted by atomic mass is 35.5. The number of hydrogen-bond acceptors (Lipinski definition) is 4. The molecule has 0 aromatic carbocycles. The summed E-state index contributed by atoms with van der Waals surface area (Å²) in [5.74, 6) is 1.73. The van der Waals surface area contributed by atoms with Gasteiger partial charge in [0.1, 0.15) is 11.6 Å². The van der Waals surface area contributed by atoms with E-state index in [9.17, 15) is 0 Å². The number of pyridine rings is 1. The number of aromatic nitrogens is 1. The number of nitrogens with one attached hydrogen (secondary N) is 1. The summed E-state index contributed by atoms with van der Waals surface area (Å²) in [5.41, 5.74) is 0.947. The average molecular weight is 252 g/mol. The lowest BCUT2D eigenvalue weighted by molar-refractivity contribution is 0.520. The molecular formula is C12H14ClN3O. The third-order valence-electron chi connectivity index (χ3n) is 2.30. The monoisotopic (exact) mass is 251 g/mol. The van der Waals surface area contributed by atoms with E-state index in [0.717, 1.165) is 17.3 Å². The smallest absolute Gasteiger partial charge is 0.193 e. The molecule has 0 spiro atoms. The van der Waals surface area contributed by atoms with Gasteiger partial charge in [-0.25, -0.2) is 4.98 Å². The first-order valence-electron chi connectivity index (χ1n) is 5.26. The van der Waals surface area contributed by atoms with Crippen LogP contribution in [0.2, 0.25) is 5.22 Å². The maximum absolute atomic E-state index is 5.69. The van der Waals surface area contributed by atoms with Gasteiger partial charge in [-0.3, -0.25) is 0 Å². The summed E-state index contributed by atoms with van der Waals surface area (Å²) in [6.07, 6.45) is 1.79. The van der Waals surface area contributed by atoms with Crippen molar-refractivity contribution in [2.45, 2.75) is 6.54 Å². The topological polar surface area (TPSA) is 41.3 Å². The molecule has 17 heavy (non-hydrogen) atoms. The molecule has 1 N–H and O–H groups in total. The number of halogens is 1. The molecule has 0 saturated heterocycles. The van der Waals surface area contributed by atoms with Crippen molar-refractivity contribution in [1.29, 1.82) is 0 Å². The number of rotatable bonds is 4. The predicted molar refractivity (Wildman–Crippen MR) is 69.6 cm³/mol. The zero-order valence-corrected chi connectivity index (χ0v) is 10.5. The van der Waals surface area contributed by atoms with Gasteiger partial charge in [0.05, 0.1) is 18.4 Å². The number of anilines is 2. The number of furan rings is 1. The van der Waals surface area contributed by atoms with E-state index in [1.165, 1.54) is 0 Å². The fraction of sp³-hybridized carbons (Fsp3) is 0.250. The third-order valence-corrected chi connectivity index (χ3v) is 2.50. The van der Waals surface area contributed by atoms with Crippen LogP contribution in [0.4, 0.5) is 11.5 Å². The average Bonchev–Trinajstić information content (AvgIpc) is 2.73. The van der Waals surface area contributed by atoms with Crippen LogP contribution in [0.15, 0.2) is 34.9 Å². The van der Waals surface area contributed by atoms with Crippen LogP contribution in [-0.2, 0) is 6.54 Å². The van der Waals surface area contributed by atoms with Crippen molar-refractivity contribution in [2.24, 2.45) is 0 Å². The molecule has 2 aromatic heterocycles. The lowest BCUT2D eigenvalue weighted by Gasteiger charge is -2.11. The number of nitrogens with zero attached hydrogens (tertiary/aromatic N) is 2. The lowest BCUT2D eigenvalue weighted by atomic mass is 10.3. The minimum atomic E-state index is 0.405. The van der Waals surface area contributed by atoms with Crippen molar-refractivity contribution >= 4 is 23.1 Å². The summed E-state index contributed by atoms with van der Waals surface area (Å²) in [4.78, 5) is 6.26. The molecule has 0 aliphatic heterocycles. The highest BCUT2D eigenvalue weighted by Crippen LogP contribution is 2.16. The van der Waals surface area contributed by atoms with E-state index < -0.39 is 0 Å². The van der Waals surface area contributed by atoms with Gasteiger partial charge in [-0.2, -0.15) is 0 Å². The molecule has 4 nitrogen and oxygen atoms in total. The summed E-state index contributed by atoms with van der Waals surface area (Å²) in [7, 11) is 3.92. The Labute approximate surface area is 105 Å². The first-order chi connectivity index (χ1) is 8.15. The van der Waals surface area contributed by atoms with Crippen molar-refractivity contribution in [3.63, 3.8) is 0 Å². The van der Waals surface area contributed by atoms with E-state index in [4.69, 9.17) is 16.0 Å². The fourth-order valence-corrected chi connectivity index (χ4v) is 1.55. The van der Waals surface area contributed by atoms with Gasteiger partial charge in [-0.1, -0.05) is 0 Å². The molecule has 0 amide bonds. The molecule has 2 rings (SSSR count). The second kappa shape index (κ2) is 5.10. The zero-order valence-electron chi connectivity index (χ0n) is 9.77. The molecule has 2 aromatic rings. The molecule has 0 bridgehead atoms. The largest absolute Gasteiger partial charge is 0.448 e. The quantitative estimate of drug-likeness (QED) is 0.907. The summed E-state index contributed by atoms with van der Waals surface area (Å²) in [5, 5.41) is 3.61. The molecule has 0 saturated carbocycles. The molecule has 0 aliphatic carbocycles. The van der Waals surface area contributed by atoms with Gasteiger partial charge in [0, 0.05) is 14.1 Å². The maximum Gasteiger partial charge on any atom is 0.193 e. The molecule has 0 radical (unpaired) electrons. The van der Waals surface area contributed by atoms with Crippen LogP contribution in [0.3, 0.4) is 0 Å². The molecule has 0 aliphatic rings. The standard InChI is InChI=1S/C12H14ClN3O/c1-16(2)12-6-3-9(7-15-12)14-8-10-4-5-11(13)17-10/h3-7,14H,8H2,1-2H3. The van der Waals surface area contributed by atoms with E-state index in [-0.39, 0.29) is 0 Å². The Morgan fingerprint density at radius 2 is 2.12 bits per heavy atom. The SMILES string of the molecule is CN(C)c1ccc(NCc2ccc(Cl)o2)cn1. The van der Waals surface area contributed by atoms with Crippen molar-refractivity contribution in [3.05, 3.63) is 41.4 Å². The predicted octanol–water partition coefficient (Wildman–Crippen LogP) is 3.01. The van der Waals surface area contributed by atoms with E-state index in [2.05, 4.69) is 10.3 Å². The summed E-state index contributed by atoms with van der Waals surface area (Å²) in [6, 6.07) is 7.51. The minimum Gasteiger partial charge on any atom is -0.448 e. The van der Waals surface area contributed by atoms with Gasteiger partial charge in [-0.15, -0.1) is 0 Å². The van der Waals surface area contributed by atoms with Crippen LogP contribution in [-0.4, -0.2) is 19.1 Å².